The standard InChI is InChI=1S/C18H12F2N2O3S/c19-12-3-1-10(7-13(12)20)14-9-26-18(21-14)22-17(23)11-2-4-15-16(8-11)25-6-5-24-15/h1-4,7-9H,5-6H2,(H,21,22,23). The second kappa shape index (κ2) is 6.72. The van der Waals surface area contributed by atoms with E-state index in [4.69, 9.17) is 9.47 Å². The molecule has 132 valence electrons. The van der Waals surface area contributed by atoms with Crippen LogP contribution in [-0.2, 0) is 0 Å². The number of aromatic nitrogens is 1. The molecule has 0 bridgehead atoms. The van der Waals surface area contributed by atoms with Gasteiger partial charge in [-0.25, -0.2) is 13.8 Å². The minimum atomic E-state index is -0.947. The highest BCUT2D eigenvalue weighted by molar-refractivity contribution is 7.14. The highest BCUT2D eigenvalue weighted by Crippen LogP contribution is 2.31. The Bertz CT molecular complexity index is 990. The van der Waals surface area contributed by atoms with Crippen LogP contribution in [0.1, 0.15) is 10.4 Å². The zero-order valence-electron chi connectivity index (χ0n) is 13.3. The molecular weight excluding hydrogens is 362 g/mol. The molecule has 26 heavy (non-hydrogen) atoms. The molecular formula is C18H12F2N2O3S. The molecule has 2 heterocycles. The van der Waals surface area contributed by atoms with Gasteiger partial charge in [0.1, 0.15) is 13.2 Å². The van der Waals surface area contributed by atoms with Crippen molar-refractivity contribution in [2.45, 2.75) is 0 Å². The third-order valence-electron chi connectivity index (χ3n) is 3.74. The second-order valence-electron chi connectivity index (χ2n) is 5.48. The van der Waals surface area contributed by atoms with E-state index < -0.39 is 11.6 Å². The number of halogens is 2. The molecule has 1 aliphatic heterocycles. The third kappa shape index (κ3) is 3.23. The van der Waals surface area contributed by atoms with Gasteiger partial charge in [0.15, 0.2) is 28.3 Å². The largest absolute Gasteiger partial charge is 0.486 e. The lowest BCUT2D eigenvalue weighted by atomic mass is 10.1. The van der Waals surface area contributed by atoms with E-state index in [0.717, 1.165) is 12.1 Å². The molecule has 0 unspecified atom stereocenters. The van der Waals surface area contributed by atoms with E-state index in [1.54, 1.807) is 23.6 Å². The Hall–Kier alpha value is -3.00. The normalized spacial score (nSPS) is 12.7. The molecule has 1 amide bonds. The first kappa shape index (κ1) is 16.5. The molecule has 0 aliphatic carbocycles. The van der Waals surface area contributed by atoms with Gasteiger partial charge in [-0.3, -0.25) is 10.1 Å². The molecule has 1 aromatic heterocycles. The van der Waals surface area contributed by atoms with Crippen LogP contribution < -0.4 is 14.8 Å². The van der Waals surface area contributed by atoms with Crippen LogP contribution in [0.15, 0.2) is 41.8 Å². The van der Waals surface area contributed by atoms with Crippen molar-refractivity contribution in [2.24, 2.45) is 0 Å². The van der Waals surface area contributed by atoms with E-state index in [1.807, 2.05) is 0 Å². The number of thiazole rings is 1. The van der Waals surface area contributed by atoms with Gasteiger partial charge < -0.3 is 9.47 Å². The van der Waals surface area contributed by atoms with Crippen molar-refractivity contribution in [3.63, 3.8) is 0 Å². The van der Waals surface area contributed by atoms with E-state index in [9.17, 15) is 13.6 Å². The molecule has 0 fully saturated rings. The zero-order chi connectivity index (χ0) is 18.1. The van der Waals surface area contributed by atoms with Gasteiger partial charge in [0, 0.05) is 16.5 Å². The van der Waals surface area contributed by atoms with Crippen molar-refractivity contribution in [2.75, 3.05) is 18.5 Å². The highest BCUT2D eigenvalue weighted by atomic mass is 32.1. The fraction of sp³-hybridized carbons (Fsp3) is 0.111. The van der Waals surface area contributed by atoms with E-state index in [0.29, 0.717) is 46.7 Å². The van der Waals surface area contributed by atoms with E-state index in [-0.39, 0.29) is 5.91 Å². The summed E-state index contributed by atoms with van der Waals surface area (Å²) in [6, 6.07) is 8.45. The molecule has 0 saturated heterocycles. The molecule has 8 heteroatoms. The quantitative estimate of drug-likeness (QED) is 0.749. The lowest BCUT2D eigenvalue weighted by Crippen LogP contribution is -2.17. The lowest BCUT2D eigenvalue weighted by molar-refractivity contribution is 0.102. The maximum absolute atomic E-state index is 13.3. The Morgan fingerprint density at radius 2 is 1.85 bits per heavy atom. The van der Waals surface area contributed by atoms with Gasteiger partial charge in [0.25, 0.3) is 5.91 Å². The van der Waals surface area contributed by atoms with Crippen LogP contribution in [0.2, 0.25) is 0 Å². The van der Waals surface area contributed by atoms with Gasteiger partial charge in [-0.1, -0.05) is 0 Å². The number of carbonyl (C=O) groups excluding carboxylic acids is 1. The minimum absolute atomic E-state index is 0.352. The molecule has 3 aromatic rings. The number of carbonyl (C=O) groups is 1. The predicted molar refractivity (Wildman–Crippen MR) is 92.9 cm³/mol. The smallest absolute Gasteiger partial charge is 0.257 e. The molecule has 2 aromatic carbocycles. The van der Waals surface area contributed by atoms with E-state index >= 15 is 0 Å². The van der Waals surface area contributed by atoms with Crippen LogP contribution in [0.4, 0.5) is 13.9 Å². The average molecular weight is 374 g/mol. The van der Waals surface area contributed by atoms with Crippen molar-refractivity contribution in [1.29, 1.82) is 0 Å². The van der Waals surface area contributed by atoms with E-state index in [1.165, 1.54) is 17.4 Å². The third-order valence-corrected chi connectivity index (χ3v) is 4.50. The van der Waals surface area contributed by atoms with Gasteiger partial charge in [0.05, 0.1) is 5.69 Å². The average Bonchev–Trinajstić information content (AvgIpc) is 3.12. The summed E-state index contributed by atoms with van der Waals surface area (Å²) in [5.41, 5.74) is 1.28. The SMILES string of the molecule is O=C(Nc1nc(-c2ccc(F)c(F)c2)cs1)c1ccc2c(c1)OCCO2. The summed E-state index contributed by atoms with van der Waals surface area (Å²) in [5.74, 6) is -1.10. The van der Waals surface area contributed by atoms with Crippen LogP contribution in [0.3, 0.4) is 0 Å². The van der Waals surface area contributed by atoms with Crippen LogP contribution in [0.25, 0.3) is 11.3 Å². The summed E-state index contributed by atoms with van der Waals surface area (Å²) in [6.45, 7) is 0.909. The summed E-state index contributed by atoms with van der Waals surface area (Å²) in [5, 5.41) is 4.70. The zero-order valence-corrected chi connectivity index (χ0v) is 14.1. The molecule has 0 saturated carbocycles. The Balaban J connectivity index is 1.52. The fourth-order valence-electron chi connectivity index (χ4n) is 2.47. The number of nitrogens with one attached hydrogen (secondary N) is 1. The minimum Gasteiger partial charge on any atom is -0.486 e. The second-order valence-corrected chi connectivity index (χ2v) is 6.34. The van der Waals surface area contributed by atoms with Gasteiger partial charge in [-0.2, -0.15) is 0 Å². The molecule has 1 N–H and O–H groups in total. The molecule has 0 atom stereocenters. The summed E-state index contributed by atoms with van der Waals surface area (Å²) >= 11 is 1.19. The number of amides is 1. The lowest BCUT2D eigenvalue weighted by Gasteiger charge is -2.18. The van der Waals surface area contributed by atoms with Crippen molar-refractivity contribution in [3.8, 4) is 22.8 Å². The van der Waals surface area contributed by atoms with Gasteiger partial charge in [-0.15, -0.1) is 11.3 Å². The molecule has 4 rings (SSSR count). The molecule has 5 nitrogen and oxygen atoms in total. The van der Waals surface area contributed by atoms with Gasteiger partial charge in [0.2, 0.25) is 0 Å². The first-order chi connectivity index (χ1) is 12.6. The number of rotatable bonds is 3. The highest BCUT2D eigenvalue weighted by Gasteiger charge is 2.16. The molecule has 0 spiro atoms. The van der Waals surface area contributed by atoms with Crippen molar-refractivity contribution < 1.29 is 23.0 Å². The van der Waals surface area contributed by atoms with Crippen LogP contribution in [-0.4, -0.2) is 24.1 Å². The molecule has 1 aliphatic rings. The number of anilines is 1. The van der Waals surface area contributed by atoms with E-state index in [2.05, 4.69) is 10.3 Å². The predicted octanol–water partition coefficient (Wildman–Crippen LogP) is 4.11. The number of fused-ring (bicyclic) bond motifs is 1. The summed E-state index contributed by atoms with van der Waals surface area (Å²) in [4.78, 5) is 16.6. The van der Waals surface area contributed by atoms with Crippen molar-refractivity contribution in [3.05, 3.63) is 59.0 Å². The maximum Gasteiger partial charge on any atom is 0.257 e. The summed E-state index contributed by atoms with van der Waals surface area (Å²) < 4.78 is 37.3. The topological polar surface area (TPSA) is 60.5 Å². The van der Waals surface area contributed by atoms with Crippen LogP contribution >= 0.6 is 11.3 Å². The summed E-state index contributed by atoms with van der Waals surface area (Å²) in [6.07, 6.45) is 0. The Kier molecular flexibility index (Phi) is 4.26. The number of benzene rings is 2. The molecule has 0 radical (unpaired) electrons. The van der Waals surface area contributed by atoms with Gasteiger partial charge >= 0.3 is 0 Å². The Labute approximate surface area is 151 Å². The Morgan fingerprint density at radius 3 is 2.65 bits per heavy atom. The monoisotopic (exact) mass is 374 g/mol. The first-order valence-electron chi connectivity index (χ1n) is 7.72. The van der Waals surface area contributed by atoms with Crippen LogP contribution in [0, 0.1) is 11.6 Å². The fourth-order valence-corrected chi connectivity index (χ4v) is 3.19. The summed E-state index contributed by atoms with van der Waals surface area (Å²) in [7, 11) is 0. The number of hydrogen-bond acceptors (Lipinski definition) is 5. The Morgan fingerprint density at radius 1 is 1.04 bits per heavy atom. The first-order valence-corrected chi connectivity index (χ1v) is 8.60. The van der Waals surface area contributed by atoms with Crippen LogP contribution in [0.5, 0.6) is 11.5 Å². The number of hydrogen-bond donors (Lipinski definition) is 1. The number of nitrogens with zero attached hydrogens (tertiary/aromatic N) is 1. The van der Waals surface area contributed by atoms with Crippen molar-refractivity contribution in [1.82, 2.24) is 4.98 Å². The van der Waals surface area contributed by atoms with Gasteiger partial charge in [-0.05, 0) is 36.4 Å². The number of ether oxygens (including phenoxy) is 2. The van der Waals surface area contributed by atoms with Crippen molar-refractivity contribution >= 4 is 22.4 Å². The maximum atomic E-state index is 13.3.